The number of phenols is 2. The molecule has 4 aromatic carbocycles. The first-order valence-corrected chi connectivity index (χ1v) is 11.8. The maximum atomic E-state index is 11.5. The van der Waals surface area contributed by atoms with Crippen molar-refractivity contribution in [2.45, 2.75) is 0 Å². The van der Waals surface area contributed by atoms with Gasteiger partial charge in [0.15, 0.2) is 11.5 Å². The van der Waals surface area contributed by atoms with Gasteiger partial charge in [0.1, 0.15) is 33.9 Å². The lowest BCUT2D eigenvalue weighted by molar-refractivity contribution is 0.0682. The first-order valence-electron chi connectivity index (χ1n) is 11.8. The van der Waals surface area contributed by atoms with Crippen molar-refractivity contribution in [2.24, 2.45) is 0 Å². The zero-order chi connectivity index (χ0) is 28.0. The van der Waals surface area contributed by atoms with Gasteiger partial charge in [0.2, 0.25) is 0 Å². The summed E-state index contributed by atoms with van der Waals surface area (Å²) in [4.78, 5) is 22.9. The summed E-state index contributed by atoms with van der Waals surface area (Å²) in [7, 11) is 0. The van der Waals surface area contributed by atoms with E-state index >= 15 is 0 Å². The van der Waals surface area contributed by atoms with Gasteiger partial charge in [-0.25, -0.2) is 19.0 Å². The highest BCUT2D eigenvalue weighted by molar-refractivity contribution is 5.95. The molecule has 0 spiro atoms. The Labute approximate surface area is 224 Å². The molecule has 0 saturated heterocycles. The molecule has 4 N–H and O–H groups in total. The maximum Gasteiger partial charge on any atom is 0.339 e. The number of fused-ring (bicyclic) bond motifs is 1. The van der Waals surface area contributed by atoms with Crippen LogP contribution in [0.25, 0.3) is 44.7 Å². The van der Waals surface area contributed by atoms with Gasteiger partial charge in [-0.1, -0.05) is 46.8 Å². The standard InChI is InChI=1S/C28H18N6O6/c35-25-17(27(37)38)7-3-9-23(25)33-13-21(29-31-33)19-11-15-5-1-2-6-16(15)12-20(19)22-14-34(32-30-22)24-10-4-8-18(26(24)36)28(39)40/h1-14,35-36H,(H,37,38)(H,39,40). The molecule has 0 unspecified atom stereocenters. The number of aromatic hydroxyl groups is 2. The monoisotopic (exact) mass is 534 g/mol. The van der Waals surface area contributed by atoms with Crippen molar-refractivity contribution in [1.29, 1.82) is 0 Å². The van der Waals surface area contributed by atoms with Crippen molar-refractivity contribution in [1.82, 2.24) is 30.0 Å². The van der Waals surface area contributed by atoms with E-state index in [1.807, 2.05) is 36.4 Å². The van der Waals surface area contributed by atoms with Crippen molar-refractivity contribution in [2.75, 3.05) is 0 Å². The van der Waals surface area contributed by atoms with Crippen LogP contribution in [0.4, 0.5) is 0 Å². The van der Waals surface area contributed by atoms with Crippen molar-refractivity contribution >= 4 is 22.7 Å². The summed E-state index contributed by atoms with van der Waals surface area (Å²) >= 11 is 0. The van der Waals surface area contributed by atoms with Crippen LogP contribution >= 0.6 is 0 Å². The van der Waals surface area contributed by atoms with Gasteiger partial charge in [0, 0.05) is 11.1 Å². The van der Waals surface area contributed by atoms with E-state index in [2.05, 4.69) is 20.6 Å². The molecule has 6 rings (SSSR count). The topological polar surface area (TPSA) is 176 Å². The van der Waals surface area contributed by atoms with Crippen LogP contribution in [-0.4, -0.2) is 62.4 Å². The zero-order valence-electron chi connectivity index (χ0n) is 20.4. The summed E-state index contributed by atoms with van der Waals surface area (Å²) in [6, 6.07) is 20.0. The van der Waals surface area contributed by atoms with E-state index in [9.17, 15) is 30.0 Å². The molecule has 12 heteroatoms. The Morgan fingerprint density at radius 2 is 1.02 bits per heavy atom. The molecular weight excluding hydrogens is 516 g/mol. The molecule has 2 aromatic heterocycles. The Bertz CT molecular complexity index is 1820. The Hall–Kier alpha value is -6.04. The number of aromatic carboxylic acids is 2. The number of hydrogen-bond acceptors (Lipinski definition) is 8. The normalized spacial score (nSPS) is 11.1. The largest absolute Gasteiger partial charge is 0.505 e. The van der Waals surface area contributed by atoms with Crippen LogP contribution in [0.5, 0.6) is 11.5 Å². The number of para-hydroxylation sites is 2. The van der Waals surface area contributed by atoms with E-state index in [0.717, 1.165) is 10.8 Å². The summed E-state index contributed by atoms with van der Waals surface area (Å²) in [5, 5.41) is 58.3. The van der Waals surface area contributed by atoms with E-state index in [0.29, 0.717) is 22.5 Å². The predicted molar refractivity (Wildman–Crippen MR) is 142 cm³/mol. The molecule has 0 aliphatic heterocycles. The lowest BCUT2D eigenvalue weighted by Gasteiger charge is -2.08. The van der Waals surface area contributed by atoms with E-state index in [1.165, 1.54) is 45.8 Å². The average Bonchev–Trinajstić information content (AvgIpc) is 3.63. The molecule has 2 heterocycles. The number of benzene rings is 4. The molecule has 0 fully saturated rings. The second-order valence-corrected chi connectivity index (χ2v) is 8.80. The fraction of sp³-hybridized carbons (Fsp3) is 0. The van der Waals surface area contributed by atoms with Gasteiger partial charge in [0.05, 0.1) is 12.4 Å². The number of nitrogens with zero attached hydrogens (tertiary/aromatic N) is 6. The van der Waals surface area contributed by atoms with Gasteiger partial charge in [-0.2, -0.15) is 0 Å². The highest BCUT2D eigenvalue weighted by Crippen LogP contribution is 2.36. The van der Waals surface area contributed by atoms with Crippen LogP contribution in [0.15, 0.2) is 85.2 Å². The summed E-state index contributed by atoms with van der Waals surface area (Å²) in [5.41, 5.74) is 1.79. The zero-order valence-corrected chi connectivity index (χ0v) is 20.4. The third kappa shape index (κ3) is 4.05. The molecule has 0 aliphatic rings. The van der Waals surface area contributed by atoms with Gasteiger partial charge < -0.3 is 20.4 Å². The van der Waals surface area contributed by atoms with Crippen molar-refractivity contribution in [3.8, 4) is 45.4 Å². The van der Waals surface area contributed by atoms with Gasteiger partial charge in [-0.05, 0) is 47.2 Å². The molecular formula is C28H18N6O6. The smallest absolute Gasteiger partial charge is 0.339 e. The molecule has 0 radical (unpaired) electrons. The van der Waals surface area contributed by atoms with Crippen molar-refractivity contribution < 1.29 is 30.0 Å². The minimum Gasteiger partial charge on any atom is -0.505 e. The van der Waals surface area contributed by atoms with Crippen LogP contribution in [0, 0.1) is 0 Å². The number of aromatic nitrogens is 6. The number of rotatable bonds is 6. The Kier molecular flexibility index (Phi) is 5.69. The molecule has 6 aromatic rings. The summed E-state index contributed by atoms with van der Waals surface area (Å²) in [6.07, 6.45) is 3.11. The molecule has 196 valence electrons. The number of carboxylic acids is 2. The van der Waals surface area contributed by atoms with Crippen LogP contribution in [-0.2, 0) is 0 Å². The van der Waals surface area contributed by atoms with E-state index in [1.54, 1.807) is 12.4 Å². The van der Waals surface area contributed by atoms with Crippen LogP contribution in [0.2, 0.25) is 0 Å². The van der Waals surface area contributed by atoms with Crippen molar-refractivity contribution in [3.05, 3.63) is 96.3 Å². The first kappa shape index (κ1) is 24.3. The molecule has 0 aliphatic carbocycles. The Morgan fingerprint density at radius 1 is 0.600 bits per heavy atom. The average molecular weight is 534 g/mol. The summed E-state index contributed by atoms with van der Waals surface area (Å²) in [5.74, 6) is -3.45. The van der Waals surface area contributed by atoms with E-state index in [4.69, 9.17) is 0 Å². The van der Waals surface area contributed by atoms with E-state index < -0.39 is 23.4 Å². The quantitative estimate of drug-likeness (QED) is 0.243. The van der Waals surface area contributed by atoms with Gasteiger partial charge in [0.25, 0.3) is 0 Å². The molecule has 40 heavy (non-hydrogen) atoms. The van der Waals surface area contributed by atoms with Gasteiger partial charge >= 0.3 is 11.9 Å². The highest BCUT2D eigenvalue weighted by atomic mass is 16.4. The molecule has 0 saturated carbocycles. The number of carboxylic acid groups (broad SMARTS) is 2. The van der Waals surface area contributed by atoms with Crippen molar-refractivity contribution in [3.63, 3.8) is 0 Å². The Morgan fingerprint density at radius 3 is 1.43 bits per heavy atom. The third-order valence-electron chi connectivity index (χ3n) is 6.41. The molecule has 12 nitrogen and oxygen atoms in total. The second kappa shape index (κ2) is 9.36. The van der Waals surface area contributed by atoms with Crippen LogP contribution in [0.3, 0.4) is 0 Å². The van der Waals surface area contributed by atoms with E-state index in [-0.39, 0.29) is 22.5 Å². The predicted octanol–water partition coefficient (Wildman–Crippen LogP) is 4.14. The van der Waals surface area contributed by atoms with Crippen LogP contribution < -0.4 is 0 Å². The van der Waals surface area contributed by atoms with Gasteiger partial charge in [-0.15, -0.1) is 10.2 Å². The lowest BCUT2D eigenvalue weighted by atomic mass is 9.97. The SMILES string of the molecule is O=C(O)c1cccc(-n2cc(-c3cc4ccccc4cc3-c3cn(-c4cccc(C(=O)O)c4O)nn3)nn2)c1O. The fourth-order valence-electron chi connectivity index (χ4n) is 4.45. The van der Waals surface area contributed by atoms with Crippen LogP contribution in [0.1, 0.15) is 20.7 Å². The second-order valence-electron chi connectivity index (χ2n) is 8.80. The molecule has 0 amide bonds. The summed E-state index contributed by atoms with van der Waals surface area (Å²) in [6.45, 7) is 0. The number of carbonyl (C=O) groups is 2. The highest BCUT2D eigenvalue weighted by Gasteiger charge is 2.20. The lowest BCUT2D eigenvalue weighted by Crippen LogP contribution is -2.02. The summed E-state index contributed by atoms with van der Waals surface area (Å²) < 4.78 is 2.56. The minimum atomic E-state index is -1.28. The minimum absolute atomic E-state index is 0.140. The molecule has 0 atom stereocenters. The fourth-order valence-corrected chi connectivity index (χ4v) is 4.45. The van der Waals surface area contributed by atoms with Gasteiger partial charge in [-0.3, -0.25) is 0 Å². The maximum absolute atomic E-state index is 11.5. The number of hydrogen-bond donors (Lipinski definition) is 4. The third-order valence-corrected chi connectivity index (χ3v) is 6.41. The Balaban J connectivity index is 1.49. The first-order chi connectivity index (χ1) is 19.3. The molecule has 0 bridgehead atoms.